The molecule has 1 fully saturated rings. The number of rotatable bonds is 6. The van der Waals surface area contributed by atoms with Gasteiger partial charge in [-0.1, -0.05) is 0 Å². The minimum Gasteiger partial charge on any atom is -0.334 e. The molecule has 8 heteroatoms. The molecule has 1 aromatic heterocycles. The smallest absolute Gasteiger partial charge is 0.238 e. The van der Waals surface area contributed by atoms with Crippen molar-refractivity contribution in [3.05, 3.63) is 48.1 Å². The number of nitrogens with one attached hydrogen (secondary N) is 1. The van der Waals surface area contributed by atoms with Crippen molar-refractivity contribution in [2.45, 2.75) is 13.5 Å². The monoisotopic (exact) mass is 363 g/mol. The number of hydrogen-bond acceptors (Lipinski definition) is 4. The van der Waals surface area contributed by atoms with E-state index >= 15 is 0 Å². The van der Waals surface area contributed by atoms with Crippen LogP contribution in [0.25, 0.3) is 0 Å². The summed E-state index contributed by atoms with van der Waals surface area (Å²) in [6.45, 7) is 7.35. The lowest BCUT2D eigenvalue weighted by Gasteiger charge is -2.34. The largest absolute Gasteiger partial charge is 0.334 e. The Hall–Kier alpha value is -2.32. The molecule has 1 aliphatic heterocycles. The molecule has 6 nitrogen and oxygen atoms in total. The minimum atomic E-state index is -0.766. The van der Waals surface area contributed by atoms with Crippen LogP contribution in [0.4, 0.5) is 14.5 Å². The van der Waals surface area contributed by atoms with Crippen LogP contribution in [0.3, 0.4) is 0 Å². The molecule has 0 bridgehead atoms. The molecule has 140 valence electrons. The Kier molecular flexibility index (Phi) is 5.95. The lowest BCUT2D eigenvalue weighted by atomic mass is 10.2. The highest BCUT2D eigenvalue weighted by Crippen LogP contribution is 2.15. The van der Waals surface area contributed by atoms with Crippen LogP contribution in [0.2, 0.25) is 0 Å². The summed E-state index contributed by atoms with van der Waals surface area (Å²) in [7, 11) is 0. The van der Waals surface area contributed by atoms with Crippen LogP contribution in [0.15, 0.2) is 30.6 Å². The molecule has 1 N–H and O–H groups in total. The summed E-state index contributed by atoms with van der Waals surface area (Å²) >= 11 is 0. The van der Waals surface area contributed by atoms with Gasteiger partial charge in [-0.2, -0.15) is 0 Å². The molecule has 26 heavy (non-hydrogen) atoms. The van der Waals surface area contributed by atoms with Gasteiger partial charge in [-0.15, -0.1) is 0 Å². The molecule has 0 saturated carbocycles. The number of aromatic nitrogens is 2. The maximum Gasteiger partial charge on any atom is 0.238 e. The second kappa shape index (κ2) is 8.37. The summed E-state index contributed by atoms with van der Waals surface area (Å²) < 4.78 is 28.6. The third kappa shape index (κ3) is 4.86. The van der Waals surface area contributed by atoms with Crippen LogP contribution in [-0.2, 0) is 11.3 Å². The Morgan fingerprint density at radius 2 is 1.88 bits per heavy atom. The minimum absolute atomic E-state index is 0.00531. The Labute approximate surface area is 151 Å². The number of carbonyl (C=O) groups excluding carboxylic acids is 1. The van der Waals surface area contributed by atoms with Gasteiger partial charge in [0.25, 0.3) is 0 Å². The predicted molar refractivity (Wildman–Crippen MR) is 94.8 cm³/mol. The topological polar surface area (TPSA) is 53.4 Å². The first-order valence-corrected chi connectivity index (χ1v) is 8.68. The Morgan fingerprint density at radius 1 is 1.15 bits per heavy atom. The van der Waals surface area contributed by atoms with Crippen LogP contribution in [-0.4, -0.2) is 64.5 Å². The van der Waals surface area contributed by atoms with E-state index in [1.807, 2.05) is 18.0 Å². The maximum absolute atomic E-state index is 13.6. The number of amides is 1. The molecule has 0 aliphatic carbocycles. The fourth-order valence-electron chi connectivity index (χ4n) is 3.04. The first kappa shape index (κ1) is 18.5. The number of piperazine rings is 1. The highest BCUT2D eigenvalue weighted by atomic mass is 19.1. The molecular weight excluding hydrogens is 340 g/mol. The molecule has 0 unspecified atom stereocenters. The van der Waals surface area contributed by atoms with E-state index in [-0.39, 0.29) is 18.1 Å². The number of carbonyl (C=O) groups is 1. The summed E-state index contributed by atoms with van der Waals surface area (Å²) in [5, 5.41) is 2.50. The quantitative estimate of drug-likeness (QED) is 0.849. The standard InChI is InChI=1S/C18H23F2N5O/c1-14-21-4-5-25(14)11-10-23-6-8-24(9-7-23)13-18(26)22-17-3-2-15(19)12-16(17)20/h2-5,12H,6-11,13H2,1H3,(H,22,26). The van der Waals surface area contributed by atoms with E-state index in [1.165, 1.54) is 6.07 Å². The zero-order chi connectivity index (χ0) is 18.5. The number of anilines is 1. The van der Waals surface area contributed by atoms with Crippen molar-refractivity contribution in [3.63, 3.8) is 0 Å². The Balaban J connectivity index is 1.40. The highest BCUT2D eigenvalue weighted by molar-refractivity contribution is 5.92. The average molecular weight is 363 g/mol. The highest BCUT2D eigenvalue weighted by Gasteiger charge is 2.19. The average Bonchev–Trinajstić information content (AvgIpc) is 3.02. The van der Waals surface area contributed by atoms with Crippen molar-refractivity contribution < 1.29 is 13.6 Å². The lowest BCUT2D eigenvalue weighted by molar-refractivity contribution is -0.117. The van der Waals surface area contributed by atoms with Gasteiger partial charge in [0.2, 0.25) is 5.91 Å². The molecule has 1 aromatic carbocycles. The lowest BCUT2D eigenvalue weighted by Crippen LogP contribution is -2.49. The van der Waals surface area contributed by atoms with Crippen LogP contribution in [0.1, 0.15) is 5.82 Å². The number of aryl methyl sites for hydroxylation is 1. The SMILES string of the molecule is Cc1nccn1CCN1CCN(CC(=O)Nc2ccc(F)cc2F)CC1. The van der Waals surface area contributed by atoms with Crippen molar-refractivity contribution in [3.8, 4) is 0 Å². The van der Waals surface area contributed by atoms with Crippen molar-refractivity contribution in [2.24, 2.45) is 0 Å². The fraction of sp³-hybridized carbons (Fsp3) is 0.444. The number of benzene rings is 1. The predicted octanol–water partition coefficient (Wildman–Crippen LogP) is 1.73. The molecular formula is C18H23F2N5O. The molecule has 0 radical (unpaired) electrons. The maximum atomic E-state index is 13.6. The molecule has 0 atom stereocenters. The van der Waals surface area contributed by atoms with Crippen molar-refractivity contribution in [1.29, 1.82) is 0 Å². The molecule has 1 amide bonds. The molecule has 3 rings (SSSR count). The molecule has 1 aliphatic rings. The van der Waals surface area contributed by atoms with Gasteiger partial charge < -0.3 is 9.88 Å². The van der Waals surface area contributed by atoms with Crippen molar-refractivity contribution in [2.75, 3.05) is 44.6 Å². The normalized spacial score (nSPS) is 16.0. The van der Waals surface area contributed by atoms with Gasteiger partial charge in [0, 0.05) is 57.7 Å². The molecule has 2 aromatic rings. The van der Waals surface area contributed by atoms with Gasteiger partial charge in [-0.05, 0) is 19.1 Å². The van der Waals surface area contributed by atoms with E-state index in [1.54, 1.807) is 6.20 Å². The third-order valence-corrected chi connectivity index (χ3v) is 4.62. The molecule has 0 spiro atoms. The summed E-state index contributed by atoms with van der Waals surface area (Å²) in [6, 6.07) is 3.12. The van der Waals surface area contributed by atoms with Crippen LogP contribution >= 0.6 is 0 Å². The third-order valence-electron chi connectivity index (χ3n) is 4.62. The van der Waals surface area contributed by atoms with E-state index in [9.17, 15) is 13.6 Å². The zero-order valence-electron chi connectivity index (χ0n) is 14.8. The van der Waals surface area contributed by atoms with Crippen molar-refractivity contribution in [1.82, 2.24) is 19.4 Å². The zero-order valence-corrected chi connectivity index (χ0v) is 14.8. The van der Waals surface area contributed by atoms with Gasteiger partial charge in [0.05, 0.1) is 12.2 Å². The van der Waals surface area contributed by atoms with Gasteiger partial charge in [0.1, 0.15) is 17.5 Å². The molecule has 2 heterocycles. The summed E-state index contributed by atoms with van der Waals surface area (Å²) in [4.78, 5) is 20.7. The van der Waals surface area contributed by atoms with E-state index < -0.39 is 11.6 Å². The van der Waals surface area contributed by atoms with Gasteiger partial charge in [-0.3, -0.25) is 14.6 Å². The second-order valence-corrected chi connectivity index (χ2v) is 6.46. The van der Waals surface area contributed by atoms with E-state index in [0.29, 0.717) is 0 Å². The number of nitrogens with zero attached hydrogens (tertiary/aromatic N) is 4. The number of imidazole rings is 1. The number of halogens is 2. The van der Waals surface area contributed by atoms with Gasteiger partial charge >= 0.3 is 0 Å². The van der Waals surface area contributed by atoms with E-state index in [0.717, 1.165) is 57.2 Å². The van der Waals surface area contributed by atoms with E-state index in [2.05, 4.69) is 19.8 Å². The second-order valence-electron chi connectivity index (χ2n) is 6.46. The Morgan fingerprint density at radius 3 is 2.54 bits per heavy atom. The van der Waals surface area contributed by atoms with Gasteiger partial charge in [-0.25, -0.2) is 13.8 Å². The number of hydrogen-bond donors (Lipinski definition) is 1. The van der Waals surface area contributed by atoms with Crippen LogP contribution in [0, 0.1) is 18.6 Å². The summed E-state index contributed by atoms with van der Waals surface area (Å²) in [5.41, 5.74) is 0.00531. The van der Waals surface area contributed by atoms with Crippen LogP contribution in [0.5, 0.6) is 0 Å². The summed E-state index contributed by atoms with van der Waals surface area (Å²) in [6.07, 6.45) is 3.78. The summed E-state index contributed by atoms with van der Waals surface area (Å²) in [5.74, 6) is -0.716. The Bertz CT molecular complexity index is 756. The van der Waals surface area contributed by atoms with Gasteiger partial charge in [0.15, 0.2) is 0 Å². The first-order chi connectivity index (χ1) is 12.5. The fourth-order valence-corrected chi connectivity index (χ4v) is 3.04. The van der Waals surface area contributed by atoms with Crippen molar-refractivity contribution >= 4 is 11.6 Å². The first-order valence-electron chi connectivity index (χ1n) is 8.68. The molecule has 1 saturated heterocycles. The van der Waals surface area contributed by atoms with E-state index in [4.69, 9.17) is 0 Å². The van der Waals surface area contributed by atoms with Crippen LogP contribution < -0.4 is 5.32 Å².